The highest BCUT2D eigenvalue weighted by Crippen LogP contribution is 2.23. The van der Waals surface area contributed by atoms with Crippen LogP contribution in [0, 0.1) is 6.92 Å². The van der Waals surface area contributed by atoms with Crippen molar-refractivity contribution in [1.29, 1.82) is 0 Å². The number of carbonyl (C=O) groups excluding carboxylic acids is 2. The molecule has 0 unspecified atom stereocenters. The zero-order chi connectivity index (χ0) is 23.7. The second-order valence-electron chi connectivity index (χ2n) is 7.78. The highest BCUT2D eigenvalue weighted by Gasteiger charge is 2.31. The lowest BCUT2D eigenvalue weighted by atomic mass is 10.1. The van der Waals surface area contributed by atoms with E-state index in [9.17, 15) is 18.0 Å². The van der Waals surface area contributed by atoms with Crippen molar-refractivity contribution in [2.75, 3.05) is 23.7 Å². The molecule has 2 rings (SSSR count). The summed E-state index contributed by atoms with van der Waals surface area (Å²) in [6, 6.07) is 15.7. The molecule has 174 valence electrons. The van der Waals surface area contributed by atoms with Crippen molar-refractivity contribution < 1.29 is 18.0 Å². The number of hydrogen-bond acceptors (Lipinski definition) is 4. The van der Waals surface area contributed by atoms with E-state index in [1.165, 1.54) is 4.90 Å². The van der Waals surface area contributed by atoms with E-state index in [-0.39, 0.29) is 19.0 Å². The monoisotopic (exact) mass is 459 g/mol. The number of para-hydroxylation sites is 1. The Hall–Kier alpha value is -2.87. The van der Waals surface area contributed by atoms with E-state index in [2.05, 4.69) is 5.32 Å². The maximum Gasteiger partial charge on any atom is 0.244 e. The van der Waals surface area contributed by atoms with E-state index in [1.807, 2.05) is 50.2 Å². The van der Waals surface area contributed by atoms with E-state index in [1.54, 1.807) is 25.1 Å². The molecule has 0 fully saturated rings. The molecular weight excluding hydrogens is 426 g/mol. The van der Waals surface area contributed by atoms with Gasteiger partial charge in [-0.05, 0) is 37.0 Å². The molecule has 0 radical (unpaired) electrons. The second-order valence-corrected chi connectivity index (χ2v) is 9.69. The summed E-state index contributed by atoms with van der Waals surface area (Å²) in [7, 11) is -3.72. The number of amides is 2. The second kappa shape index (κ2) is 11.7. The molecule has 2 amide bonds. The molecule has 2 aromatic carbocycles. The standard InChI is InChI=1S/C24H33N3O4S/c1-5-16-25-24(29)21(6-2)26(17-20-13-8-7-9-14-20)23(28)18-27(32(4,30)31)22-15-11-10-12-19(22)3/h7-15,21H,5-6,16-18H2,1-4H3,(H,25,29)/t21-/m1/s1. The van der Waals surface area contributed by atoms with E-state index < -0.39 is 22.0 Å². The van der Waals surface area contributed by atoms with Gasteiger partial charge in [0.2, 0.25) is 21.8 Å². The summed E-state index contributed by atoms with van der Waals surface area (Å²) in [5.74, 6) is -0.665. The van der Waals surface area contributed by atoms with Crippen molar-refractivity contribution in [2.24, 2.45) is 0 Å². The van der Waals surface area contributed by atoms with Gasteiger partial charge in [0.1, 0.15) is 12.6 Å². The molecule has 0 saturated heterocycles. The molecule has 1 atom stereocenters. The van der Waals surface area contributed by atoms with Gasteiger partial charge in [-0.2, -0.15) is 0 Å². The summed E-state index contributed by atoms with van der Waals surface area (Å²) in [5.41, 5.74) is 2.06. The molecule has 0 bridgehead atoms. The first-order valence-corrected chi connectivity index (χ1v) is 12.7. The number of rotatable bonds is 11. The Balaban J connectivity index is 2.41. The average molecular weight is 460 g/mol. The van der Waals surface area contributed by atoms with Gasteiger partial charge in [-0.15, -0.1) is 0 Å². The van der Waals surface area contributed by atoms with Gasteiger partial charge >= 0.3 is 0 Å². The number of nitrogens with zero attached hydrogens (tertiary/aromatic N) is 2. The molecule has 0 aliphatic heterocycles. The SMILES string of the molecule is CCCNC(=O)[C@@H](CC)N(Cc1ccccc1)C(=O)CN(c1ccccc1C)S(C)(=O)=O. The van der Waals surface area contributed by atoms with Crippen LogP contribution in [0.2, 0.25) is 0 Å². The largest absolute Gasteiger partial charge is 0.354 e. The Morgan fingerprint density at radius 1 is 1.00 bits per heavy atom. The Kier molecular flexibility index (Phi) is 9.26. The summed E-state index contributed by atoms with van der Waals surface area (Å²) in [4.78, 5) is 27.8. The lowest BCUT2D eigenvalue weighted by Gasteiger charge is -2.33. The van der Waals surface area contributed by atoms with Crippen molar-refractivity contribution in [2.45, 2.75) is 46.2 Å². The van der Waals surface area contributed by atoms with Crippen LogP contribution in [0.15, 0.2) is 54.6 Å². The van der Waals surface area contributed by atoms with Crippen molar-refractivity contribution in [1.82, 2.24) is 10.2 Å². The molecule has 8 heteroatoms. The van der Waals surface area contributed by atoms with Crippen LogP contribution in [0.1, 0.15) is 37.8 Å². The van der Waals surface area contributed by atoms with Crippen LogP contribution in [-0.2, 0) is 26.2 Å². The van der Waals surface area contributed by atoms with E-state index >= 15 is 0 Å². The zero-order valence-electron chi connectivity index (χ0n) is 19.2. The van der Waals surface area contributed by atoms with Crippen LogP contribution < -0.4 is 9.62 Å². The number of aryl methyl sites for hydroxylation is 1. The van der Waals surface area contributed by atoms with Crippen LogP contribution in [-0.4, -0.2) is 50.5 Å². The number of sulfonamides is 1. The summed E-state index contributed by atoms with van der Waals surface area (Å²) in [6.07, 6.45) is 2.28. The van der Waals surface area contributed by atoms with E-state index in [0.717, 1.165) is 28.1 Å². The Bertz CT molecular complexity index is 1010. The molecule has 1 N–H and O–H groups in total. The van der Waals surface area contributed by atoms with E-state index in [0.29, 0.717) is 18.7 Å². The summed E-state index contributed by atoms with van der Waals surface area (Å²) in [6.45, 7) is 5.95. The first-order valence-electron chi connectivity index (χ1n) is 10.8. The van der Waals surface area contributed by atoms with Crippen molar-refractivity contribution in [3.63, 3.8) is 0 Å². The molecule has 7 nitrogen and oxygen atoms in total. The maximum absolute atomic E-state index is 13.5. The van der Waals surface area contributed by atoms with Crippen molar-refractivity contribution >= 4 is 27.5 Å². The fourth-order valence-corrected chi connectivity index (χ4v) is 4.41. The smallest absolute Gasteiger partial charge is 0.244 e. The summed E-state index contributed by atoms with van der Waals surface area (Å²) >= 11 is 0. The highest BCUT2D eigenvalue weighted by molar-refractivity contribution is 7.92. The first kappa shape index (κ1) is 25.4. The summed E-state index contributed by atoms with van der Waals surface area (Å²) < 4.78 is 26.3. The lowest BCUT2D eigenvalue weighted by molar-refractivity contribution is -0.140. The molecule has 0 saturated carbocycles. The summed E-state index contributed by atoms with van der Waals surface area (Å²) in [5, 5.41) is 2.86. The fraction of sp³-hybridized carbons (Fsp3) is 0.417. The molecule has 32 heavy (non-hydrogen) atoms. The fourth-order valence-electron chi connectivity index (χ4n) is 3.50. The number of anilines is 1. The van der Waals surface area contributed by atoms with E-state index in [4.69, 9.17) is 0 Å². The maximum atomic E-state index is 13.5. The molecular formula is C24H33N3O4S. The van der Waals surface area contributed by atoms with Gasteiger partial charge < -0.3 is 10.2 Å². The molecule has 0 spiro atoms. The zero-order valence-corrected chi connectivity index (χ0v) is 20.1. The predicted molar refractivity (Wildman–Crippen MR) is 128 cm³/mol. The molecule has 0 aliphatic rings. The van der Waals surface area contributed by atoms with Gasteiger partial charge in [-0.1, -0.05) is 62.4 Å². The van der Waals surface area contributed by atoms with Crippen LogP contribution in [0.25, 0.3) is 0 Å². The Morgan fingerprint density at radius 3 is 2.19 bits per heavy atom. The first-order chi connectivity index (χ1) is 15.2. The Morgan fingerprint density at radius 2 is 1.62 bits per heavy atom. The normalized spacial score (nSPS) is 12.1. The quantitative estimate of drug-likeness (QED) is 0.559. The van der Waals surface area contributed by atoms with Crippen LogP contribution in [0.4, 0.5) is 5.69 Å². The minimum atomic E-state index is -3.72. The number of hydrogen-bond donors (Lipinski definition) is 1. The molecule has 0 aromatic heterocycles. The average Bonchev–Trinajstić information content (AvgIpc) is 2.76. The lowest BCUT2D eigenvalue weighted by Crippen LogP contribution is -2.52. The predicted octanol–water partition coefficient (Wildman–Crippen LogP) is 3.09. The minimum Gasteiger partial charge on any atom is -0.354 e. The molecule has 0 heterocycles. The third-order valence-electron chi connectivity index (χ3n) is 5.19. The van der Waals surface area contributed by atoms with Gasteiger partial charge in [0, 0.05) is 13.1 Å². The van der Waals surface area contributed by atoms with Gasteiger partial charge in [-0.25, -0.2) is 8.42 Å². The van der Waals surface area contributed by atoms with Gasteiger partial charge in [0.25, 0.3) is 0 Å². The van der Waals surface area contributed by atoms with Gasteiger partial charge in [-0.3, -0.25) is 13.9 Å². The van der Waals surface area contributed by atoms with Gasteiger partial charge in [0.05, 0.1) is 11.9 Å². The number of carbonyl (C=O) groups is 2. The van der Waals surface area contributed by atoms with Crippen molar-refractivity contribution in [3.05, 3.63) is 65.7 Å². The Labute approximate surface area is 191 Å². The topological polar surface area (TPSA) is 86.8 Å². The van der Waals surface area contributed by atoms with Crippen LogP contribution in [0.3, 0.4) is 0 Å². The number of nitrogens with one attached hydrogen (secondary N) is 1. The third-order valence-corrected chi connectivity index (χ3v) is 6.32. The highest BCUT2D eigenvalue weighted by atomic mass is 32.2. The minimum absolute atomic E-state index is 0.211. The molecule has 0 aliphatic carbocycles. The third kappa shape index (κ3) is 6.82. The number of benzene rings is 2. The molecule has 2 aromatic rings. The van der Waals surface area contributed by atoms with Gasteiger partial charge in [0.15, 0.2) is 0 Å². The van der Waals surface area contributed by atoms with Crippen LogP contribution in [0.5, 0.6) is 0 Å². The van der Waals surface area contributed by atoms with Crippen molar-refractivity contribution in [3.8, 4) is 0 Å². The van der Waals surface area contributed by atoms with Crippen LogP contribution >= 0.6 is 0 Å².